The van der Waals surface area contributed by atoms with Crippen molar-refractivity contribution in [2.45, 2.75) is 162 Å². The molecule has 14 nitrogen and oxygen atoms in total. The van der Waals surface area contributed by atoms with E-state index < -0.39 is 47.3 Å². The van der Waals surface area contributed by atoms with E-state index in [0.717, 1.165) is 86.1 Å². The monoisotopic (exact) mass is 895 g/mol. The summed E-state index contributed by atoms with van der Waals surface area (Å²) >= 11 is 0. The molecule has 2 heterocycles. The zero-order valence-electron chi connectivity index (χ0n) is 37.5. The molecule has 0 amide bonds. The SMILES string of the molecule is NC1=N[C@@H](/C(=C\C(=O)O)[C@H](Nc2ccc[nH]2)[C@H]2CC[C@@H]3C[C@H]2[C@@H](CCC[C@@H](N)CC[C@H](C=O)CCCO)c2cc4cc(CC=O)ccc4cc23)[C@H]2CC[C@@](O)(C3(O)CCCC3)[C@H](O)[C@H]2N1. The van der Waals surface area contributed by atoms with Crippen molar-refractivity contribution in [2.24, 2.45) is 40.1 Å². The number of aldehydes is 2. The van der Waals surface area contributed by atoms with E-state index in [4.69, 9.17) is 16.5 Å². The number of hydrogen-bond donors (Lipinski definition) is 10. The minimum absolute atomic E-state index is 0.0473. The largest absolute Gasteiger partial charge is 0.478 e. The van der Waals surface area contributed by atoms with Crippen LogP contribution in [0.5, 0.6) is 0 Å². The number of H-pyrrole nitrogens is 1. The number of rotatable bonds is 20. The van der Waals surface area contributed by atoms with Crippen molar-refractivity contribution in [3.05, 3.63) is 77.0 Å². The molecular weight excluding hydrogens is 825 g/mol. The van der Waals surface area contributed by atoms with Crippen molar-refractivity contribution in [3.63, 3.8) is 0 Å². The third-order valence-corrected chi connectivity index (χ3v) is 16.4. The molecule has 4 aliphatic carbocycles. The Hall–Kier alpha value is -4.60. The van der Waals surface area contributed by atoms with Gasteiger partial charge in [-0.25, -0.2) is 9.79 Å². The molecule has 65 heavy (non-hydrogen) atoms. The van der Waals surface area contributed by atoms with Gasteiger partial charge in [0.05, 0.1) is 23.7 Å². The first-order valence-corrected chi connectivity index (χ1v) is 24.2. The molecule has 3 fully saturated rings. The predicted octanol–water partition coefficient (Wildman–Crippen LogP) is 5.33. The number of aliphatic carboxylic acids is 1. The Kier molecular flexibility index (Phi) is 14.5. The first kappa shape index (κ1) is 46.9. The van der Waals surface area contributed by atoms with Crippen molar-refractivity contribution in [2.75, 3.05) is 11.9 Å². The molecule has 5 aliphatic rings. The molecule has 0 radical (unpaired) electrons. The van der Waals surface area contributed by atoms with Gasteiger partial charge < -0.3 is 62.2 Å². The molecule has 2 bridgehead atoms. The van der Waals surface area contributed by atoms with E-state index in [9.17, 15) is 39.9 Å². The van der Waals surface area contributed by atoms with Crippen LogP contribution in [0.1, 0.15) is 131 Å². The minimum atomic E-state index is -1.77. The van der Waals surface area contributed by atoms with Crippen LogP contribution in [0.15, 0.2) is 65.3 Å². The summed E-state index contributed by atoms with van der Waals surface area (Å²) in [6, 6.07) is 12.6. The number of guanidine groups is 1. The van der Waals surface area contributed by atoms with Crippen molar-refractivity contribution in [1.82, 2.24) is 10.3 Å². The summed E-state index contributed by atoms with van der Waals surface area (Å²) in [6.07, 6.45) is 14.5. The molecule has 8 rings (SSSR count). The summed E-state index contributed by atoms with van der Waals surface area (Å²) in [5.74, 6) is -0.437. The summed E-state index contributed by atoms with van der Waals surface area (Å²) in [5.41, 5.74) is 14.2. The number of nitrogens with two attached hydrogens (primary N) is 2. The van der Waals surface area contributed by atoms with Crippen molar-refractivity contribution >= 4 is 41.1 Å². The summed E-state index contributed by atoms with van der Waals surface area (Å²) in [4.78, 5) is 44.7. The molecule has 1 aromatic heterocycles. The number of nitrogens with zero attached hydrogens (tertiary/aromatic N) is 1. The van der Waals surface area contributed by atoms with E-state index in [1.54, 1.807) is 0 Å². The number of aromatic amines is 1. The molecule has 0 unspecified atom stereocenters. The number of aliphatic imine (C=N–C) groups is 1. The van der Waals surface area contributed by atoms with Crippen LogP contribution < -0.4 is 22.1 Å². The maximum atomic E-state index is 13.1. The topological polar surface area (TPSA) is 257 Å². The lowest BCUT2D eigenvalue weighted by molar-refractivity contribution is -0.227. The van der Waals surface area contributed by atoms with E-state index in [-0.39, 0.29) is 48.7 Å². The number of benzene rings is 2. The van der Waals surface area contributed by atoms with E-state index in [2.05, 4.69) is 39.9 Å². The second-order valence-corrected chi connectivity index (χ2v) is 20.1. The third-order valence-electron chi connectivity index (χ3n) is 16.4. The van der Waals surface area contributed by atoms with Crippen molar-refractivity contribution in [1.29, 1.82) is 0 Å². The van der Waals surface area contributed by atoms with Gasteiger partial charge in [0.15, 0.2) is 5.96 Å². The highest BCUT2D eigenvalue weighted by Gasteiger charge is 2.62. The van der Waals surface area contributed by atoms with Crippen molar-refractivity contribution in [3.8, 4) is 0 Å². The van der Waals surface area contributed by atoms with Gasteiger partial charge in [-0.15, -0.1) is 0 Å². The fraction of sp³-hybridized carbons (Fsp3) is 0.608. The summed E-state index contributed by atoms with van der Waals surface area (Å²) in [7, 11) is 0. The van der Waals surface area contributed by atoms with Gasteiger partial charge in [-0.1, -0.05) is 49.6 Å². The lowest BCUT2D eigenvalue weighted by atomic mass is 9.56. The number of nitrogens with one attached hydrogen (secondary N) is 3. The van der Waals surface area contributed by atoms with Crippen LogP contribution >= 0.6 is 0 Å². The average molecular weight is 895 g/mol. The van der Waals surface area contributed by atoms with Gasteiger partial charge in [0, 0.05) is 43.2 Å². The molecule has 0 saturated heterocycles. The highest BCUT2D eigenvalue weighted by atomic mass is 16.4. The normalized spacial score (nSPS) is 30.8. The number of aromatic nitrogens is 1. The quantitative estimate of drug-likeness (QED) is 0.0511. The number of carbonyl (C=O) groups is 3. The second kappa shape index (κ2) is 20.1. The second-order valence-electron chi connectivity index (χ2n) is 20.1. The van der Waals surface area contributed by atoms with Crippen LogP contribution in [-0.2, 0) is 20.8 Å². The molecule has 12 atom stereocenters. The zero-order chi connectivity index (χ0) is 45.9. The van der Waals surface area contributed by atoms with Crippen LogP contribution in [0.2, 0.25) is 0 Å². The summed E-state index contributed by atoms with van der Waals surface area (Å²) < 4.78 is 0. The molecule has 0 spiro atoms. The van der Waals surface area contributed by atoms with Gasteiger partial charge in [-0.05, 0) is 152 Å². The van der Waals surface area contributed by atoms with Gasteiger partial charge in [0.25, 0.3) is 0 Å². The van der Waals surface area contributed by atoms with Gasteiger partial charge in [-0.2, -0.15) is 0 Å². The molecule has 14 heteroatoms. The first-order valence-electron chi connectivity index (χ1n) is 24.2. The van der Waals surface area contributed by atoms with Crippen molar-refractivity contribution < 1.29 is 39.9 Å². The predicted molar refractivity (Wildman–Crippen MR) is 250 cm³/mol. The van der Waals surface area contributed by atoms with Crippen LogP contribution in [0.4, 0.5) is 5.82 Å². The average Bonchev–Trinajstić information content (AvgIpc) is 4.00. The number of carbonyl (C=O) groups excluding carboxylic acids is 2. The minimum Gasteiger partial charge on any atom is -0.478 e. The number of aliphatic hydroxyl groups is 4. The molecule has 12 N–H and O–H groups in total. The number of aliphatic hydroxyl groups excluding tert-OH is 2. The summed E-state index contributed by atoms with van der Waals surface area (Å²) in [5, 5.41) is 65.0. The molecule has 3 aromatic rings. The van der Waals surface area contributed by atoms with Crippen LogP contribution in [0, 0.1) is 23.7 Å². The number of carboxylic acids is 1. The number of hydrogen-bond acceptors (Lipinski definition) is 12. The van der Waals surface area contributed by atoms with E-state index in [1.807, 2.05) is 24.4 Å². The number of carboxylic acid groups (broad SMARTS) is 1. The van der Waals surface area contributed by atoms with Gasteiger partial charge in [0.1, 0.15) is 30.1 Å². The highest BCUT2D eigenvalue weighted by molar-refractivity contribution is 5.86. The maximum absolute atomic E-state index is 13.1. The number of anilines is 1. The fourth-order valence-electron chi connectivity index (χ4n) is 13.1. The smallest absolute Gasteiger partial charge is 0.328 e. The van der Waals surface area contributed by atoms with E-state index in [0.29, 0.717) is 62.9 Å². The molecular formula is C51H70N6O8. The lowest BCUT2D eigenvalue weighted by Crippen LogP contribution is -2.72. The Morgan fingerprint density at radius 3 is 2.48 bits per heavy atom. The Morgan fingerprint density at radius 2 is 1.75 bits per heavy atom. The third kappa shape index (κ3) is 9.65. The molecule has 2 aromatic carbocycles. The van der Waals surface area contributed by atoms with Gasteiger partial charge in [-0.3, -0.25) is 0 Å². The van der Waals surface area contributed by atoms with E-state index in [1.165, 1.54) is 17.2 Å². The standard InChI is InChI=1S/C51H70N6O8/c52-35(14-11-31(29-60)6-5-22-58)7-3-8-36-40-26-33(39-25-32-12-10-30(17-23-59)24-34(32)27-41(36)39)13-15-37(40)45(55-43-9-4-21-54-43)42(28-44(61)62)46-38-16-20-51(65,50(64)18-1-2-19-50)48(63)47(38)57-49(53)56-46/h4,9-10,12,21,23-25,27-29,31,33,35-38,40,45-48,54-55,58,63-65H,1-3,5-8,11,13-20,22,26,52H2,(H,61,62)(H3,53,56,57)/b42-28-/t31-,33-,35-,36-,37+,38-,40+,45-,46-,47+,48-,51+/m1/s1. The summed E-state index contributed by atoms with van der Waals surface area (Å²) in [6.45, 7) is 0.0594. The Morgan fingerprint density at radius 1 is 0.954 bits per heavy atom. The molecule has 3 saturated carbocycles. The lowest BCUT2D eigenvalue weighted by Gasteiger charge is -2.55. The highest BCUT2D eigenvalue weighted by Crippen LogP contribution is 2.57. The van der Waals surface area contributed by atoms with Crippen LogP contribution in [-0.4, -0.2) is 103 Å². The fourth-order valence-corrected chi connectivity index (χ4v) is 13.1. The Bertz CT molecular complexity index is 2210. The molecule has 352 valence electrons. The Balaban J connectivity index is 1.15. The molecule has 1 aliphatic heterocycles. The van der Waals surface area contributed by atoms with Gasteiger partial charge >= 0.3 is 5.97 Å². The van der Waals surface area contributed by atoms with Gasteiger partial charge in [0.2, 0.25) is 0 Å². The van der Waals surface area contributed by atoms with E-state index >= 15 is 0 Å². The van der Waals surface area contributed by atoms with Crippen LogP contribution in [0.3, 0.4) is 0 Å². The Labute approximate surface area is 381 Å². The maximum Gasteiger partial charge on any atom is 0.328 e. The zero-order valence-corrected chi connectivity index (χ0v) is 37.5. The van der Waals surface area contributed by atoms with Crippen LogP contribution in [0.25, 0.3) is 10.8 Å². The number of fused-ring (bicyclic) bond motifs is 6. The first-order chi connectivity index (χ1) is 31.4.